The third-order valence-electron chi connectivity index (χ3n) is 5.86. The Morgan fingerprint density at radius 1 is 1.04 bits per heavy atom. The van der Waals surface area contributed by atoms with Crippen molar-refractivity contribution < 1.29 is 0 Å². The second-order valence-corrected chi connectivity index (χ2v) is 8.52. The topological polar surface area (TPSA) is 42.9 Å². The van der Waals surface area contributed by atoms with E-state index in [2.05, 4.69) is 48.3 Å². The van der Waals surface area contributed by atoms with Gasteiger partial charge in [0.1, 0.15) is 0 Å². The number of hydrogen-bond acceptors (Lipinski definition) is 3. The number of rotatable bonds is 7. The van der Waals surface area contributed by atoms with Crippen molar-refractivity contribution in [3.05, 3.63) is 0 Å². The fourth-order valence-electron chi connectivity index (χ4n) is 3.96. The molecule has 2 N–H and O–H groups in total. The van der Waals surface area contributed by atoms with Gasteiger partial charge in [-0.15, -0.1) is 0 Å². The quantitative estimate of drug-likeness (QED) is 0.546. The molecule has 0 saturated carbocycles. The number of nitrogens with one attached hydrogen (secondary N) is 2. The molecule has 5 heteroatoms. The lowest BCUT2D eigenvalue weighted by Gasteiger charge is -2.40. The van der Waals surface area contributed by atoms with Gasteiger partial charge in [0, 0.05) is 18.6 Å². The van der Waals surface area contributed by atoms with Gasteiger partial charge < -0.3 is 15.5 Å². The third kappa shape index (κ3) is 7.14. The fourth-order valence-corrected chi connectivity index (χ4v) is 3.96. The average Bonchev–Trinajstić information content (AvgIpc) is 2.62. The average molecular weight is 352 g/mol. The van der Waals surface area contributed by atoms with Crippen LogP contribution in [0.25, 0.3) is 0 Å². The highest BCUT2D eigenvalue weighted by Gasteiger charge is 2.27. The van der Waals surface area contributed by atoms with Crippen LogP contribution in [0.5, 0.6) is 0 Å². The van der Waals surface area contributed by atoms with E-state index < -0.39 is 0 Å². The van der Waals surface area contributed by atoms with Crippen LogP contribution in [0.4, 0.5) is 0 Å². The van der Waals surface area contributed by atoms with Crippen LogP contribution in [0.2, 0.25) is 0 Å². The lowest BCUT2D eigenvalue weighted by molar-refractivity contribution is 0.102. The molecule has 146 valence electrons. The molecule has 0 amide bonds. The molecule has 5 nitrogen and oxygen atoms in total. The molecule has 0 aliphatic carbocycles. The van der Waals surface area contributed by atoms with Crippen LogP contribution in [0.1, 0.15) is 59.3 Å². The molecule has 0 aromatic heterocycles. The van der Waals surface area contributed by atoms with Crippen molar-refractivity contribution in [1.82, 2.24) is 20.4 Å². The van der Waals surface area contributed by atoms with Crippen molar-refractivity contribution in [1.29, 1.82) is 0 Å². The zero-order valence-corrected chi connectivity index (χ0v) is 17.1. The van der Waals surface area contributed by atoms with Crippen molar-refractivity contribution >= 4 is 5.96 Å². The summed E-state index contributed by atoms with van der Waals surface area (Å²) in [6.45, 7) is 14.6. The van der Waals surface area contributed by atoms with Gasteiger partial charge in [0.05, 0.1) is 6.54 Å². The minimum atomic E-state index is 0.150. The zero-order chi connectivity index (χ0) is 18.1. The molecule has 0 spiro atoms. The van der Waals surface area contributed by atoms with Crippen LogP contribution >= 0.6 is 0 Å². The Balaban J connectivity index is 1.76. The van der Waals surface area contributed by atoms with Crippen molar-refractivity contribution in [3.63, 3.8) is 0 Å². The second kappa shape index (κ2) is 10.4. The molecule has 2 aliphatic rings. The summed E-state index contributed by atoms with van der Waals surface area (Å²) in [5, 5.41) is 6.98. The summed E-state index contributed by atoms with van der Waals surface area (Å²) in [5.41, 5.74) is 0.150. The van der Waals surface area contributed by atoms with E-state index in [0.717, 1.165) is 31.5 Å². The van der Waals surface area contributed by atoms with Gasteiger partial charge in [-0.3, -0.25) is 9.89 Å². The summed E-state index contributed by atoms with van der Waals surface area (Å²) in [7, 11) is 2.23. The monoisotopic (exact) mass is 351 g/mol. The Kier molecular flexibility index (Phi) is 8.50. The van der Waals surface area contributed by atoms with E-state index in [0.29, 0.717) is 0 Å². The Labute approximate surface area is 155 Å². The summed E-state index contributed by atoms with van der Waals surface area (Å²) < 4.78 is 0. The molecule has 0 unspecified atom stereocenters. The van der Waals surface area contributed by atoms with Crippen LogP contribution in [-0.4, -0.2) is 74.2 Å². The molecule has 2 aliphatic heterocycles. The van der Waals surface area contributed by atoms with E-state index in [1.54, 1.807) is 0 Å². The molecule has 0 radical (unpaired) electrons. The van der Waals surface area contributed by atoms with Crippen LogP contribution in [-0.2, 0) is 0 Å². The molecule has 25 heavy (non-hydrogen) atoms. The first-order valence-electron chi connectivity index (χ1n) is 10.5. The van der Waals surface area contributed by atoms with E-state index >= 15 is 0 Å². The van der Waals surface area contributed by atoms with E-state index in [-0.39, 0.29) is 5.54 Å². The van der Waals surface area contributed by atoms with E-state index in [9.17, 15) is 0 Å². The van der Waals surface area contributed by atoms with Gasteiger partial charge in [-0.05, 0) is 92.0 Å². The highest BCUT2D eigenvalue weighted by atomic mass is 15.2. The van der Waals surface area contributed by atoms with Gasteiger partial charge in [-0.2, -0.15) is 0 Å². The Bertz CT molecular complexity index is 393. The number of likely N-dealkylation sites (tertiary alicyclic amines) is 2. The molecule has 0 bridgehead atoms. The summed E-state index contributed by atoms with van der Waals surface area (Å²) in [5.74, 6) is 1.86. The van der Waals surface area contributed by atoms with Crippen LogP contribution in [0.15, 0.2) is 4.99 Å². The maximum atomic E-state index is 4.90. The van der Waals surface area contributed by atoms with E-state index in [1.807, 2.05) is 0 Å². The Morgan fingerprint density at radius 3 is 2.36 bits per heavy atom. The van der Waals surface area contributed by atoms with Crippen molar-refractivity contribution in [2.24, 2.45) is 10.9 Å². The Hall–Kier alpha value is -0.810. The predicted octanol–water partition coefficient (Wildman–Crippen LogP) is 2.54. The van der Waals surface area contributed by atoms with Gasteiger partial charge >= 0.3 is 0 Å². The number of guanidine groups is 1. The highest BCUT2D eigenvalue weighted by molar-refractivity contribution is 5.79. The van der Waals surface area contributed by atoms with Crippen molar-refractivity contribution in [3.8, 4) is 0 Å². The minimum Gasteiger partial charge on any atom is -0.357 e. The molecule has 0 aromatic rings. The van der Waals surface area contributed by atoms with Gasteiger partial charge in [-0.25, -0.2) is 0 Å². The van der Waals surface area contributed by atoms with Gasteiger partial charge in [0.15, 0.2) is 5.96 Å². The fraction of sp³-hybridized carbons (Fsp3) is 0.950. The number of hydrogen-bond donors (Lipinski definition) is 2. The molecule has 2 saturated heterocycles. The number of piperidine rings is 2. The smallest absolute Gasteiger partial charge is 0.191 e. The molecule has 2 fully saturated rings. The van der Waals surface area contributed by atoms with Crippen LogP contribution in [0, 0.1) is 5.92 Å². The molecule has 0 atom stereocenters. The molecule has 0 aromatic carbocycles. The summed E-state index contributed by atoms with van der Waals surface area (Å²) in [4.78, 5) is 9.96. The second-order valence-electron chi connectivity index (χ2n) is 8.52. The normalized spacial score (nSPS) is 22.2. The minimum absolute atomic E-state index is 0.150. The molecular formula is C20H41N5. The van der Waals surface area contributed by atoms with Gasteiger partial charge in [-0.1, -0.05) is 6.42 Å². The maximum absolute atomic E-state index is 4.90. The predicted molar refractivity (Wildman–Crippen MR) is 108 cm³/mol. The first-order valence-corrected chi connectivity index (χ1v) is 10.5. The summed E-state index contributed by atoms with van der Waals surface area (Å²) in [6, 6.07) is 0. The van der Waals surface area contributed by atoms with E-state index in [4.69, 9.17) is 4.99 Å². The first kappa shape index (κ1) is 20.5. The zero-order valence-electron chi connectivity index (χ0n) is 17.1. The van der Waals surface area contributed by atoms with Gasteiger partial charge in [0.2, 0.25) is 0 Å². The molecular weight excluding hydrogens is 310 g/mol. The van der Waals surface area contributed by atoms with E-state index in [1.165, 1.54) is 64.7 Å². The number of aliphatic imine (C=N–C) groups is 1. The van der Waals surface area contributed by atoms with Gasteiger partial charge in [0.25, 0.3) is 0 Å². The molecule has 2 heterocycles. The summed E-state index contributed by atoms with van der Waals surface area (Å²) >= 11 is 0. The lowest BCUT2D eigenvalue weighted by atomic mass is 9.94. The standard InChI is InChI=1S/C20H41N5/c1-5-21-19(22-12-9-18-10-15-24(4)16-11-18)23-17-20(2,3)25-13-7-6-8-14-25/h18H,5-17H2,1-4H3,(H2,21,22,23). The first-order chi connectivity index (χ1) is 12.0. The SMILES string of the molecule is CCNC(=NCC(C)(C)N1CCCCC1)NCCC1CCN(C)CC1. The Morgan fingerprint density at radius 2 is 1.72 bits per heavy atom. The lowest BCUT2D eigenvalue weighted by Crippen LogP contribution is -2.49. The van der Waals surface area contributed by atoms with Crippen LogP contribution in [0.3, 0.4) is 0 Å². The highest BCUT2D eigenvalue weighted by Crippen LogP contribution is 2.21. The van der Waals surface area contributed by atoms with Crippen LogP contribution < -0.4 is 10.6 Å². The van der Waals surface area contributed by atoms with Crippen molar-refractivity contribution in [2.45, 2.75) is 64.8 Å². The largest absolute Gasteiger partial charge is 0.357 e. The number of nitrogens with zero attached hydrogens (tertiary/aromatic N) is 3. The van der Waals surface area contributed by atoms with Crippen molar-refractivity contribution in [2.75, 3.05) is 52.9 Å². The maximum Gasteiger partial charge on any atom is 0.191 e. The summed E-state index contributed by atoms with van der Waals surface area (Å²) in [6.07, 6.45) is 8.00. The third-order valence-corrected chi connectivity index (χ3v) is 5.86. The molecule has 2 rings (SSSR count).